The fourth-order valence-electron chi connectivity index (χ4n) is 2.05. The lowest BCUT2D eigenvalue weighted by Crippen LogP contribution is -2.30. The fourth-order valence-corrected chi connectivity index (χ4v) is 2.46. The minimum absolute atomic E-state index is 0.363. The molecule has 2 N–H and O–H groups in total. The maximum Gasteiger partial charge on any atom is 0.120 e. The number of rotatable bonds is 3. The first kappa shape index (κ1) is 11.9. The number of phenolic OH excluding ortho intramolecular Hbond substituents is 1. The molecule has 0 aliphatic carbocycles. The SMILES string of the molecule is CN1CCC(NCc2cc(Br)ccc2O)C1. The average molecular weight is 285 g/mol. The van der Waals surface area contributed by atoms with Crippen LogP contribution in [0.4, 0.5) is 0 Å². The minimum Gasteiger partial charge on any atom is -0.508 e. The molecule has 3 nitrogen and oxygen atoms in total. The summed E-state index contributed by atoms with van der Waals surface area (Å²) in [4.78, 5) is 2.32. The van der Waals surface area contributed by atoms with Crippen LogP contribution in [0.1, 0.15) is 12.0 Å². The van der Waals surface area contributed by atoms with Gasteiger partial charge in [-0.15, -0.1) is 0 Å². The van der Waals surface area contributed by atoms with E-state index in [1.54, 1.807) is 6.07 Å². The Labute approximate surface area is 105 Å². The van der Waals surface area contributed by atoms with E-state index in [2.05, 4.69) is 33.2 Å². The van der Waals surface area contributed by atoms with Gasteiger partial charge in [0.15, 0.2) is 0 Å². The first-order valence-corrected chi connectivity index (χ1v) is 6.34. The van der Waals surface area contributed by atoms with Gasteiger partial charge in [-0.25, -0.2) is 0 Å². The highest BCUT2D eigenvalue weighted by atomic mass is 79.9. The van der Waals surface area contributed by atoms with Gasteiger partial charge < -0.3 is 15.3 Å². The Balaban J connectivity index is 1.91. The average Bonchev–Trinajstić information content (AvgIpc) is 2.66. The Morgan fingerprint density at radius 1 is 1.56 bits per heavy atom. The molecule has 1 fully saturated rings. The van der Waals surface area contributed by atoms with Crippen molar-refractivity contribution in [1.29, 1.82) is 0 Å². The summed E-state index contributed by atoms with van der Waals surface area (Å²) in [5, 5.41) is 13.2. The van der Waals surface area contributed by atoms with Crippen LogP contribution in [0.5, 0.6) is 5.75 Å². The van der Waals surface area contributed by atoms with Crippen LogP contribution in [-0.2, 0) is 6.54 Å². The molecule has 0 aromatic heterocycles. The second-order valence-electron chi connectivity index (χ2n) is 4.40. The van der Waals surface area contributed by atoms with Crippen LogP contribution in [0.2, 0.25) is 0 Å². The zero-order valence-electron chi connectivity index (χ0n) is 9.41. The molecule has 1 heterocycles. The van der Waals surface area contributed by atoms with Gasteiger partial charge in [0, 0.05) is 29.2 Å². The number of phenols is 1. The van der Waals surface area contributed by atoms with Gasteiger partial charge in [-0.3, -0.25) is 0 Å². The van der Waals surface area contributed by atoms with E-state index < -0.39 is 0 Å². The topological polar surface area (TPSA) is 35.5 Å². The molecule has 1 atom stereocenters. The van der Waals surface area contributed by atoms with Crippen molar-refractivity contribution in [3.05, 3.63) is 28.2 Å². The van der Waals surface area contributed by atoms with E-state index in [-0.39, 0.29) is 0 Å². The van der Waals surface area contributed by atoms with Gasteiger partial charge >= 0.3 is 0 Å². The molecule has 0 radical (unpaired) electrons. The lowest BCUT2D eigenvalue weighted by Gasteiger charge is -2.13. The summed E-state index contributed by atoms with van der Waals surface area (Å²) in [7, 11) is 2.14. The number of nitrogens with one attached hydrogen (secondary N) is 1. The summed E-state index contributed by atoms with van der Waals surface area (Å²) in [5.74, 6) is 0.363. The van der Waals surface area contributed by atoms with Gasteiger partial charge in [-0.05, 0) is 38.2 Å². The second kappa shape index (κ2) is 5.17. The Morgan fingerprint density at radius 2 is 2.38 bits per heavy atom. The molecule has 0 spiro atoms. The molecule has 1 aliphatic rings. The number of likely N-dealkylation sites (N-methyl/N-ethyl adjacent to an activating group) is 1. The molecule has 88 valence electrons. The maximum absolute atomic E-state index is 9.69. The summed E-state index contributed by atoms with van der Waals surface area (Å²) in [6.07, 6.45) is 1.19. The number of aromatic hydroxyl groups is 1. The van der Waals surface area contributed by atoms with Crippen LogP contribution in [0.3, 0.4) is 0 Å². The summed E-state index contributed by atoms with van der Waals surface area (Å²) >= 11 is 3.41. The number of hydrogen-bond acceptors (Lipinski definition) is 3. The summed E-state index contributed by atoms with van der Waals surface area (Å²) in [6, 6.07) is 6.08. The van der Waals surface area contributed by atoms with E-state index in [4.69, 9.17) is 0 Å². The largest absolute Gasteiger partial charge is 0.508 e. The molecule has 1 unspecified atom stereocenters. The molecule has 0 saturated carbocycles. The van der Waals surface area contributed by atoms with Crippen LogP contribution in [0, 0.1) is 0 Å². The second-order valence-corrected chi connectivity index (χ2v) is 5.32. The van der Waals surface area contributed by atoms with Crippen LogP contribution in [0.25, 0.3) is 0 Å². The standard InChI is InChI=1S/C12H17BrN2O/c1-15-5-4-11(8-15)14-7-9-6-10(13)2-3-12(9)16/h2-3,6,11,14,16H,4-5,7-8H2,1H3. The summed E-state index contributed by atoms with van der Waals surface area (Å²) in [6.45, 7) is 2.97. The molecule has 2 rings (SSSR count). The third kappa shape index (κ3) is 2.97. The fraction of sp³-hybridized carbons (Fsp3) is 0.500. The normalized spacial score (nSPS) is 21.5. The molecule has 1 aliphatic heterocycles. The summed E-state index contributed by atoms with van der Waals surface area (Å²) in [5.41, 5.74) is 0.948. The van der Waals surface area contributed by atoms with Crippen molar-refractivity contribution in [2.24, 2.45) is 0 Å². The van der Waals surface area contributed by atoms with Crippen molar-refractivity contribution in [2.75, 3.05) is 20.1 Å². The predicted molar refractivity (Wildman–Crippen MR) is 68.5 cm³/mol. The van der Waals surface area contributed by atoms with E-state index in [9.17, 15) is 5.11 Å². The molecule has 0 amide bonds. The number of likely N-dealkylation sites (tertiary alicyclic amines) is 1. The third-order valence-electron chi connectivity index (χ3n) is 3.01. The monoisotopic (exact) mass is 284 g/mol. The van der Waals surface area contributed by atoms with E-state index >= 15 is 0 Å². The molecular weight excluding hydrogens is 268 g/mol. The highest BCUT2D eigenvalue weighted by Crippen LogP contribution is 2.22. The van der Waals surface area contributed by atoms with Gasteiger partial charge in [0.2, 0.25) is 0 Å². The van der Waals surface area contributed by atoms with Crippen molar-refractivity contribution in [1.82, 2.24) is 10.2 Å². The first-order valence-electron chi connectivity index (χ1n) is 5.54. The van der Waals surface area contributed by atoms with Gasteiger partial charge in [0.25, 0.3) is 0 Å². The van der Waals surface area contributed by atoms with E-state index in [1.165, 1.54) is 6.42 Å². The molecule has 4 heteroatoms. The Morgan fingerprint density at radius 3 is 3.06 bits per heavy atom. The van der Waals surface area contributed by atoms with Crippen LogP contribution < -0.4 is 5.32 Å². The molecular formula is C12H17BrN2O. The van der Waals surface area contributed by atoms with Crippen molar-refractivity contribution < 1.29 is 5.11 Å². The van der Waals surface area contributed by atoms with Gasteiger partial charge in [0.05, 0.1) is 0 Å². The first-order chi connectivity index (χ1) is 7.65. The zero-order valence-corrected chi connectivity index (χ0v) is 11.0. The number of benzene rings is 1. The minimum atomic E-state index is 0.363. The molecule has 16 heavy (non-hydrogen) atoms. The quantitative estimate of drug-likeness (QED) is 0.891. The van der Waals surface area contributed by atoms with Crippen molar-refractivity contribution in [2.45, 2.75) is 19.0 Å². The lowest BCUT2D eigenvalue weighted by atomic mass is 10.2. The maximum atomic E-state index is 9.69. The number of nitrogens with zero attached hydrogens (tertiary/aromatic N) is 1. The Bertz CT molecular complexity index is 370. The number of halogens is 1. The molecule has 1 aromatic carbocycles. The van der Waals surface area contributed by atoms with E-state index in [0.717, 1.165) is 29.7 Å². The van der Waals surface area contributed by atoms with E-state index in [0.29, 0.717) is 11.8 Å². The van der Waals surface area contributed by atoms with Crippen molar-refractivity contribution in [3.8, 4) is 5.75 Å². The van der Waals surface area contributed by atoms with Crippen LogP contribution in [0.15, 0.2) is 22.7 Å². The summed E-state index contributed by atoms with van der Waals surface area (Å²) < 4.78 is 1.01. The highest BCUT2D eigenvalue weighted by Gasteiger charge is 2.18. The Kier molecular flexibility index (Phi) is 3.84. The zero-order chi connectivity index (χ0) is 11.5. The van der Waals surface area contributed by atoms with E-state index in [1.807, 2.05) is 12.1 Å². The van der Waals surface area contributed by atoms with Gasteiger partial charge in [-0.2, -0.15) is 0 Å². The van der Waals surface area contributed by atoms with Crippen LogP contribution in [-0.4, -0.2) is 36.2 Å². The van der Waals surface area contributed by atoms with Crippen LogP contribution >= 0.6 is 15.9 Å². The predicted octanol–water partition coefficient (Wildman–Crippen LogP) is 1.95. The molecule has 1 aromatic rings. The highest BCUT2D eigenvalue weighted by molar-refractivity contribution is 9.10. The van der Waals surface area contributed by atoms with Crippen molar-refractivity contribution >= 4 is 15.9 Å². The number of hydrogen-bond donors (Lipinski definition) is 2. The Hall–Kier alpha value is -0.580. The van der Waals surface area contributed by atoms with Gasteiger partial charge in [-0.1, -0.05) is 15.9 Å². The molecule has 0 bridgehead atoms. The smallest absolute Gasteiger partial charge is 0.120 e. The van der Waals surface area contributed by atoms with Crippen molar-refractivity contribution in [3.63, 3.8) is 0 Å². The lowest BCUT2D eigenvalue weighted by molar-refractivity contribution is 0.396. The molecule has 1 saturated heterocycles. The van der Waals surface area contributed by atoms with Gasteiger partial charge in [0.1, 0.15) is 5.75 Å². The third-order valence-corrected chi connectivity index (χ3v) is 3.51.